The summed E-state index contributed by atoms with van der Waals surface area (Å²) in [5.74, 6) is 0. The number of rotatable bonds is 4. The van der Waals surface area contributed by atoms with Crippen LogP contribution in [0.2, 0.25) is 0 Å². The highest BCUT2D eigenvalue weighted by molar-refractivity contribution is 5.16. The van der Waals surface area contributed by atoms with Crippen molar-refractivity contribution in [2.45, 2.75) is 31.5 Å². The molecule has 3 unspecified atom stereocenters. The van der Waals surface area contributed by atoms with Crippen LogP contribution in [0.25, 0.3) is 0 Å². The first-order valence-corrected chi connectivity index (χ1v) is 6.15. The summed E-state index contributed by atoms with van der Waals surface area (Å²) in [6.45, 7) is 3.71. The highest BCUT2D eigenvalue weighted by Crippen LogP contribution is 2.26. The molecule has 0 amide bonds. The minimum atomic E-state index is 0.0739. The van der Waals surface area contributed by atoms with Crippen molar-refractivity contribution in [1.82, 2.24) is 9.88 Å². The molecule has 0 saturated carbocycles. The molecule has 17 heavy (non-hydrogen) atoms. The molecule has 4 heteroatoms. The number of nitrogens with zero attached hydrogens (tertiary/aromatic N) is 2. The molecule has 94 valence electrons. The molecular formula is C13H21N3O. The summed E-state index contributed by atoms with van der Waals surface area (Å²) < 4.78 is 5.45. The maximum absolute atomic E-state index is 6.13. The fourth-order valence-electron chi connectivity index (χ4n) is 2.53. The van der Waals surface area contributed by atoms with Crippen LogP contribution in [0, 0.1) is 0 Å². The number of ether oxygens (including phenoxy) is 1. The molecule has 0 aliphatic carbocycles. The van der Waals surface area contributed by atoms with Crippen LogP contribution in [-0.4, -0.2) is 42.2 Å². The van der Waals surface area contributed by atoms with Crippen LogP contribution < -0.4 is 5.73 Å². The molecule has 1 aliphatic heterocycles. The van der Waals surface area contributed by atoms with Gasteiger partial charge in [-0.15, -0.1) is 0 Å². The summed E-state index contributed by atoms with van der Waals surface area (Å²) in [5, 5.41) is 0. The molecule has 1 fully saturated rings. The largest absolute Gasteiger partial charge is 0.380 e. The Labute approximate surface area is 103 Å². The van der Waals surface area contributed by atoms with E-state index in [2.05, 4.69) is 23.0 Å². The molecule has 1 aliphatic rings. The highest BCUT2D eigenvalue weighted by Gasteiger charge is 2.29. The van der Waals surface area contributed by atoms with Gasteiger partial charge in [-0.2, -0.15) is 0 Å². The molecule has 2 rings (SSSR count). The zero-order chi connectivity index (χ0) is 12.3. The van der Waals surface area contributed by atoms with Gasteiger partial charge in [0.2, 0.25) is 0 Å². The first-order chi connectivity index (χ1) is 8.20. The first kappa shape index (κ1) is 12.5. The van der Waals surface area contributed by atoms with Gasteiger partial charge >= 0.3 is 0 Å². The molecule has 2 N–H and O–H groups in total. The number of hydrogen-bond acceptors (Lipinski definition) is 4. The lowest BCUT2D eigenvalue weighted by atomic mass is 9.99. The smallest absolute Gasteiger partial charge is 0.0622 e. The summed E-state index contributed by atoms with van der Waals surface area (Å²) >= 11 is 0. The van der Waals surface area contributed by atoms with Gasteiger partial charge < -0.3 is 10.5 Å². The molecule has 0 radical (unpaired) electrons. The maximum Gasteiger partial charge on any atom is 0.0622 e. The first-order valence-electron chi connectivity index (χ1n) is 6.15. The second-order valence-corrected chi connectivity index (χ2v) is 4.77. The minimum Gasteiger partial charge on any atom is -0.380 e. The highest BCUT2D eigenvalue weighted by atomic mass is 16.5. The normalized spacial score (nSPS) is 23.9. The van der Waals surface area contributed by atoms with Crippen LogP contribution in [-0.2, 0) is 4.74 Å². The topological polar surface area (TPSA) is 51.4 Å². The van der Waals surface area contributed by atoms with E-state index in [0.717, 1.165) is 19.6 Å². The van der Waals surface area contributed by atoms with Gasteiger partial charge in [-0.05, 0) is 32.0 Å². The molecule has 1 aromatic heterocycles. The van der Waals surface area contributed by atoms with Crippen LogP contribution >= 0.6 is 0 Å². The Balaban J connectivity index is 2.17. The Morgan fingerprint density at radius 2 is 2.41 bits per heavy atom. The van der Waals surface area contributed by atoms with Crippen molar-refractivity contribution in [2.75, 3.05) is 20.3 Å². The molecule has 1 aromatic rings. The van der Waals surface area contributed by atoms with E-state index in [0.29, 0.717) is 6.04 Å². The predicted molar refractivity (Wildman–Crippen MR) is 67.6 cm³/mol. The third-order valence-corrected chi connectivity index (χ3v) is 3.44. The van der Waals surface area contributed by atoms with Gasteiger partial charge in [0.15, 0.2) is 0 Å². The summed E-state index contributed by atoms with van der Waals surface area (Å²) in [7, 11) is 2.13. The number of likely N-dealkylation sites (N-methyl/N-ethyl adjacent to an activating group) is 1. The summed E-state index contributed by atoms with van der Waals surface area (Å²) in [5.41, 5.74) is 7.30. The minimum absolute atomic E-state index is 0.0739. The van der Waals surface area contributed by atoms with Crippen molar-refractivity contribution in [3.63, 3.8) is 0 Å². The molecular weight excluding hydrogens is 214 g/mol. The van der Waals surface area contributed by atoms with E-state index in [9.17, 15) is 0 Å². The van der Waals surface area contributed by atoms with E-state index in [-0.39, 0.29) is 12.1 Å². The van der Waals surface area contributed by atoms with Crippen molar-refractivity contribution in [2.24, 2.45) is 5.73 Å². The van der Waals surface area contributed by atoms with Gasteiger partial charge in [0, 0.05) is 31.1 Å². The van der Waals surface area contributed by atoms with Crippen LogP contribution in [0.5, 0.6) is 0 Å². The second-order valence-electron chi connectivity index (χ2n) is 4.77. The number of pyridine rings is 1. The fraction of sp³-hybridized carbons (Fsp3) is 0.615. The van der Waals surface area contributed by atoms with Crippen molar-refractivity contribution >= 4 is 0 Å². The average molecular weight is 235 g/mol. The van der Waals surface area contributed by atoms with E-state index in [4.69, 9.17) is 10.5 Å². The molecule has 0 bridgehead atoms. The Morgan fingerprint density at radius 1 is 1.59 bits per heavy atom. The van der Waals surface area contributed by atoms with Crippen LogP contribution in [0.1, 0.15) is 24.9 Å². The van der Waals surface area contributed by atoms with Gasteiger partial charge in [-0.3, -0.25) is 9.88 Å². The van der Waals surface area contributed by atoms with E-state index in [1.807, 2.05) is 19.2 Å². The third-order valence-electron chi connectivity index (χ3n) is 3.44. The lowest BCUT2D eigenvalue weighted by molar-refractivity contribution is 0.123. The van der Waals surface area contributed by atoms with E-state index >= 15 is 0 Å². The monoisotopic (exact) mass is 235 g/mol. The predicted octanol–water partition coefficient (Wildman–Crippen LogP) is 1.19. The lowest BCUT2D eigenvalue weighted by Crippen LogP contribution is -2.43. The zero-order valence-corrected chi connectivity index (χ0v) is 10.5. The SMILES string of the molecule is CC(N)C(c1cccnc1)N(C)C1CCOC1. The number of aromatic nitrogens is 1. The quantitative estimate of drug-likeness (QED) is 0.851. The lowest BCUT2D eigenvalue weighted by Gasteiger charge is -2.34. The number of nitrogens with two attached hydrogens (primary N) is 1. The van der Waals surface area contributed by atoms with E-state index in [1.54, 1.807) is 6.20 Å². The van der Waals surface area contributed by atoms with Gasteiger partial charge in [-0.25, -0.2) is 0 Å². The zero-order valence-electron chi connectivity index (χ0n) is 10.5. The Morgan fingerprint density at radius 3 is 2.94 bits per heavy atom. The molecule has 0 spiro atoms. The van der Waals surface area contributed by atoms with Crippen molar-refractivity contribution in [3.8, 4) is 0 Å². The molecule has 1 saturated heterocycles. The van der Waals surface area contributed by atoms with Gasteiger partial charge in [-0.1, -0.05) is 6.07 Å². The molecule has 2 heterocycles. The van der Waals surface area contributed by atoms with E-state index < -0.39 is 0 Å². The Kier molecular flexibility index (Phi) is 4.10. The van der Waals surface area contributed by atoms with E-state index in [1.165, 1.54) is 5.56 Å². The van der Waals surface area contributed by atoms with Crippen molar-refractivity contribution in [1.29, 1.82) is 0 Å². The summed E-state index contributed by atoms with van der Waals surface area (Å²) in [6.07, 6.45) is 4.78. The molecule has 4 nitrogen and oxygen atoms in total. The van der Waals surface area contributed by atoms with Gasteiger partial charge in [0.1, 0.15) is 0 Å². The number of hydrogen-bond donors (Lipinski definition) is 1. The Bertz CT molecular complexity index is 336. The van der Waals surface area contributed by atoms with Crippen molar-refractivity contribution in [3.05, 3.63) is 30.1 Å². The third kappa shape index (κ3) is 2.83. The molecule has 0 aromatic carbocycles. The Hall–Kier alpha value is -0.970. The van der Waals surface area contributed by atoms with Crippen LogP contribution in [0.4, 0.5) is 0 Å². The summed E-state index contributed by atoms with van der Waals surface area (Å²) in [6, 6.07) is 4.79. The van der Waals surface area contributed by atoms with Crippen LogP contribution in [0.3, 0.4) is 0 Å². The standard InChI is InChI=1S/C13H21N3O/c1-10(14)13(11-4-3-6-15-8-11)16(2)12-5-7-17-9-12/h3-4,6,8,10,12-13H,5,7,9,14H2,1-2H3. The molecule has 3 atom stereocenters. The average Bonchev–Trinajstić information content (AvgIpc) is 2.83. The second kappa shape index (κ2) is 5.58. The van der Waals surface area contributed by atoms with Crippen molar-refractivity contribution < 1.29 is 4.74 Å². The summed E-state index contributed by atoms with van der Waals surface area (Å²) in [4.78, 5) is 6.51. The maximum atomic E-state index is 6.13. The van der Waals surface area contributed by atoms with Gasteiger partial charge in [0.05, 0.1) is 12.6 Å². The fourth-order valence-corrected chi connectivity index (χ4v) is 2.53. The van der Waals surface area contributed by atoms with Crippen LogP contribution in [0.15, 0.2) is 24.5 Å². The van der Waals surface area contributed by atoms with Gasteiger partial charge in [0.25, 0.3) is 0 Å².